The average Bonchev–Trinajstić information content (AvgIpc) is 2.71. The van der Waals surface area contributed by atoms with Crippen LogP contribution in [0.3, 0.4) is 0 Å². The van der Waals surface area contributed by atoms with Crippen LogP contribution in [0.1, 0.15) is 12.0 Å². The van der Waals surface area contributed by atoms with Crippen LogP contribution in [0, 0.1) is 6.61 Å². The fraction of sp³-hybridized carbons (Fsp3) is 0.200. The van der Waals surface area contributed by atoms with Gasteiger partial charge in [0.1, 0.15) is 5.75 Å². The van der Waals surface area contributed by atoms with Crippen LogP contribution in [0.4, 0.5) is 0 Å². The second-order valence-corrected chi connectivity index (χ2v) is 2.74. The van der Waals surface area contributed by atoms with E-state index in [1.54, 1.807) is 13.7 Å². The van der Waals surface area contributed by atoms with Crippen LogP contribution in [0.25, 0.3) is 0 Å². The minimum Gasteiger partial charge on any atom is -0.497 e. The third kappa shape index (κ3) is 1.64. The molecule has 13 heavy (non-hydrogen) atoms. The highest BCUT2D eigenvalue weighted by Gasteiger charge is 2.10. The summed E-state index contributed by atoms with van der Waals surface area (Å²) in [6.07, 6.45) is 0.770. The Labute approximate surface area is 77.0 Å². The smallest absolute Gasteiger partial charge is 0.172 e. The maximum Gasteiger partial charge on any atom is 0.172 e. The molecule has 0 amide bonds. The Hall–Kier alpha value is -1.51. The van der Waals surface area contributed by atoms with Crippen molar-refractivity contribution in [2.75, 3.05) is 7.11 Å². The van der Waals surface area contributed by atoms with E-state index in [1.807, 2.05) is 24.3 Å². The Balaban J connectivity index is 2.22. The topological polar surface area (TPSA) is 30.8 Å². The van der Waals surface area contributed by atoms with Crippen LogP contribution in [-0.4, -0.2) is 12.8 Å². The van der Waals surface area contributed by atoms with Crippen molar-refractivity contribution in [3.8, 4) is 5.75 Å². The largest absolute Gasteiger partial charge is 0.497 e. The van der Waals surface area contributed by atoms with Crippen molar-refractivity contribution in [2.45, 2.75) is 6.42 Å². The van der Waals surface area contributed by atoms with Gasteiger partial charge < -0.3 is 9.57 Å². The molecule has 1 aromatic rings. The molecule has 0 spiro atoms. The normalized spacial score (nSPS) is 15.0. The highest BCUT2D eigenvalue weighted by atomic mass is 16.6. The quantitative estimate of drug-likeness (QED) is 0.689. The second-order valence-electron chi connectivity index (χ2n) is 2.74. The average molecular weight is 176 g/mol. The first-order valence-corrected chi connectivity index (χ1v) is 4.09. The number of hydrogen-bond acceptors (Lipinski definition) is 3. The summed E-state index contributed by atoms with van der Waals surface area (Å²) in [5.41, 5.74) is 2.04. The molecular formula is C10H10NO2. The Bertz CT molecular complexity index is 316. The zero-order valence-corrected chi connectivity index (χ0v) is 7.36. The molecule has 0 saturated carbocycles. The molecule has 2 rings (SSSR count). The van der Waals surface area contributed by atoms with E-state index >= 15 is 0 Å². The molecule has 0 aromatic heterocycles. The highest BCUT2D eigenvalue weighted by molar-refractivity contribution is 6.01. The molecule has 1 heterocycles. The van der Waals surface area contributed by atoms with Crippen molar-refractivity contribution in [1.82, 2.24) is 0 Å². The van der Waals surface area contributed by atoms with Crippen LogP contribution in [0.15, 0.2) is 29.4 Å². The van der Waals surface area contributed by atoms with Crippen LogP contribution < -0.4 is 4.74 Å². The van der Waals surface area contributed by atoms with Crippen molar-refractivity contribution in [2.24, 2.45) is 5.16 Å². The fourth-order valence-corrected chi connectivity index (χ4v) is 1.21. The molecular weight excluding hydrogens is 166 g/mol. The molecule has 1 aliphatic rings. The molecule has 0 N–H and O–H groups in total. The molecule has 0 saturated heterocycles. The maximum absolute atomic E-state index is 5.05. The van der Waals surface area contributed by atoms with E-state index in [9.17, 15) is 0 Å². The summed E-state index contributed by atoms with van der Waals surface area (Å²) in [5, 5.41) is 3.88. The summed E-state index contributed by atoms with van der Waals surface area (Å²) < 4.78 is 5.05. The lowest BCUT2D eigenvalue weighted by Crippen LogP contribution is -1.95. The molecule has 0 atom stereocenters. The summed E-state index contributed by atoms with van der Waals surface area (Å²) in [6.45, 7) is 1.68. The molecule has 67 valence electrons. The first-order chi connectivity index (χ1) is 6.40. The van der Waals surface area contributed by atoms with Gasteiger partial charge in [-0.05, 0) is 29.8 Å². The van der Waals surface area contributed by atoms with Gasteiger partial charge in [0.2, 0.25) is 0 Å². The molecule has 0 unspecified atom stereocenters. The van der Waals surface area contributed by atoms with Crippen LogP contribution in [-0.2, 0) is 4.84 Å². The zero-order valence-electron chi connectivity index (χ0n) is 7.36. The number of methoxy groups -OCH3 is 1. The molecule has 1 radical (unpaired) electrons. The van der Waals surface area contributed by atoms with E-state index in [-0.39, 0.29) is 0 Å². The summed E-state index contributed by atoms with van der Waals surface area (Å²) in [6, 6.07) is 7.77. The van der Waals surface area contributed by atoms with Gasteiger partial charge in [-0.2, -0.15) is 0 Å². The van der Waals surface area contributed by atoms with Crippen molar-refractivity contribution < 1.29 is 9.57 Å². The van der Waals surface area contributed by atoms with E-state index in [2.05, 4.69) is 5.16 Å². The van der Waals surface area contributed by atoms with Gasteiger partial charge in [-0.25, -0.2) is 0 Å². The standard InChI is InChI=1S/C10H10NO2/c1-12-9-4-2-8(3-5-9)10-6-7-13-11-10/h2-5,7H,6H2,1H3. The van der Waals surface area contributed by atoms with E-state index in [0.717, 1.165) is 23.4 Å². The van der Waals surface area contributed by atoms with Gasteiger partial charge in [0.15, 0.2) is 6.61 Å². The van der Waals surface area contributed by atoms with E-state index in [4.69, 9.17) is 9.57 Å². The van der Waals surface area contributed by atoms with E-state index in [1.165, 1.54) is 0 Å². The summed E-state index contributed by atoms with van der Waals surface area (Å²) in [7, 11) is 1.65. The molecule has 0 fully saturated rings. The minimum atomic E-state index is 0.770. The monoisotopic (exact) mass is 176 g/mol. The molecule has 0 bridgehead atoms. The molecule has 1 aliphatic heterocycles. The molecule has 3 nitrogen and oxygen atoms in total. The molecule has 3 heteroatoms. The predicted octanol–water partition coefficient (Wildman–Crippen LogP) is 1.98. The maximum atomic E-state index is 5.05. The van der Waals surface area contributed by atoms with Crippen molar-refractivity contribution in [3.63, 3.8) is 0 Å². The van der Waals surface area contributed by atoms with Gasteiger partial charge in [0, 0.05) is 6.42 Å². The highest BCUT2D eigenvalue weighted by Crippen LogP contribution is 2.16. The van der Waals surface area contributed by atoms with E-state index in [0.29, 0.717) is 0 Å². The summed E-state index contributed by atoms with van der Waals surface area (Å²) in [4.78, 5) is 4.80. The Morgan fingerprint density at radius 3 is 2.62 bits per heavy atom. The lowest BCUT2D eigenvalue weighted by molar-refractivity contribution is 0.234. The molecule has 1 aromatic carbocycles. The van der Waals surface area contributed by atoms with Gasteiger partial charge in [0.25, 0.3) is 0 Å². The number of benzene rings is 1. The van der Waals surface area contributed by atoms with Gasteiger partial charge in [-0.1, -0.05) is 5.16 Å². The third-order valence-electron chi connectivity index (χ3n) is 1.94. The number of ether oxygens (including phenoxy) is 1. The number of oxime groups is 1. The van der Waals surface area contributed by atoms with Gasteiger partial charge >= 0.3 is 0 Å². The third-order valence-corrected chi connectivity index (χ3v) is 1.94. The molecule has 0 aliphatic carbocycles. The van der Waals surface area contributed by atoms with E-state index < -0.39 is 0 Å². The lowest BCUT2D eigenvalue weighted by atomic mass is 10.1. The number of rotatable bonds is 2. The lowest BCUT2D eigenvalue weighted by Gasteiger charge is -2.00. The van der Waals surface area contributed by atoms with Crippen LogP contribution in [0.2, 0.25) is 0 Å². The Kier molecular flexibility index (Phi) is 2.17. The van der Waals surface area contributed by atoms with Gasteiger partial charge in [-0.3, -0.25) is 0 Å². The summed E-state index contributed by atoms with van der Waals surface area (Å²) in [5.74, 6) is 0.854. The number of hydrogen-bond donors (Lipinski definition) is 0. The predicted molar refractivity (Wildman–Crippen MR) is 49.5 cm³/mol. The van der Waals surface area contributed by atoms with Crippen LogP contribution >= 0.6 is 0 Å². The Morgan fingerprint density at radius 2 is 2.08 bits per heavy atom. The first kappa shape index (κ1) is 8.10. The first-order valence-electron chi connectivity index (χ1n) is 4.09. The van der Waals surface area contributed by atoms with Crippen molar-refractivity contribution in [1.29, 1.82) is 0 Å². The van der Waals surface area contributed by atoms with Crippen molar-refractivity contribution in [3.05, 3.63) is 36.4 Å². The fourth-order valence-electron chi connectivity index (χ4n) is 1.21. The summed E-state index contributed by atoms with van der Waals surface area (Å²) >= 11 is 0. The second kappa shape index (κ2) is 3.47. The zero-order chi connectivity index (χ0) is 9.10. The number of nitrogens with zero attached hydrogens (tertiary/aromatic N) is 1. The minimum absolute atomic E-state index is 0.770. The van der Waals surface area contributed by atoms with Crippen molar-refractivity contribution >= 4 is 5.71 Å². The SMILES string of the molecule is COc1ccc(C2=NO[CH]C2)cc1. The van der Waals surface area contributed by atoms with Gasteiger partial charge in [-0.15, -0.1) is 0 Å². The Morgan fingerprint density at radius 1 is 1.31 bits per heavy atom. The van der Waals surface area contributed by atoms with Crippen LogP contribution in [0.5, 0.6) is 5.75 Å². The van der Waals surface area contributed by atoms with Gasteiger partial charge in [0.05, 0.1) is 12.8 Å².